The number of aryl methyl sites for hydroxylation is 1. The number of likely N-dealkylation sites (N-methyl/N-ethyl adjacent to an activating group) is 1. The summed E-state index contributed by atoms with van der Waals surface area (Å²) >= 11 is 0. The molecule has 1 aromatic rings. The Morgan fingerprint density at radius 3 is 2.79 bits per heavy atom. The van der Waals surface area contributed by atoms with E-state index in [1.54, 1.807) is 25.1 Å². The third-order valence-corrected chi connectivity index (χ3v) is 2.64. The molecule has 4 nitrogen and oxygen atoms in total. The zero-order valence-electron chi connectivity index (χ0n) is 11.7. The van der Waals surface area contributed by atoms with Gasteiger partial charge in [0, 0.05) is 31.8 Å². The van der Waals surface area contributed by atoms with Crippen LogP contribution in [-0.4, -0.2) is 44.7 Å². The van der Waals surface area contributed by atoms with Crippen LogP contribution in [0.15, 0.2) is 18.2 Å². The Labute approximate surface area is 114 Å². The molecule has 4 heteroatoms. The minimum atomic E-state index is -0.0310. The number of hydrogen-bond acceptors (Lipinski definition) is 3. The zero-order valence-corrected chi connectivity index (χ0v) is 11.7. The summed E-state index contributed by atoms with van der Waals surface area (Å²) < 4.78 is 4.97. The summed E-state index contributed by atoms with van der Waals surface area (Å²) in [5, 5.41) is 0. The second-order valence-electron chi connectivity index (χ2n) is 4.31. The van der Waals surface area contributed by atoms with E-state index in [0.717, 1.165) is 11.1 Å². The molecule has 0 fully saturated rings. The number of ether oxygens (including phenoxy) is 1. The first-order chi connectivity index (χ1) is 9.08. The number of benzene rings is 1. The molecule has 0 unspecified atom stereocenters. The Kier molecular flexibility index (Phi) is 6.07. The molecule has 102 valence electrons. The van der Waals surface area contributed by atoms with Crippen molar-refractivity contribution in [1.29, 1.82) is 0 Å². The van der Waals surface area contributed by atoms with Crippen LogP contribution in [0.25, 0.3) is 0 Å². The van der Waals surface area contributed by atoms with Crippen LogP contribution in [0.3, 0.4) is 0 Å². The maximum atomic E-state index is 12.2. The smallest absolute Gasteiger partial charge is 0.253 e. The van der Waals surface area contributed by atoms with Gasteiger partial charge in [0.2, 0.25) is 0 Å². The number of carbonyl (C=O) groups is 1. The first-order valence-electron chi connectivity index (χ1n) is 6.13. The van der Waals surface area contributed by atoms with Gasteiger partial charge in [-0.3, -0.25) is 4.79 Å². The molecule has 0 aliphatic carbocycles. The lowest BCUT2D eigenvalue weighted by Gasteiger charge is -2.17. The van der Waals surface area contributed by atoms with Crippen molar-refractivity contribution >= 4 is 5.91 Å². The van der Waals surface area contributed by atoms with E-state index in [4.69, 9.17) is 10.5 Å². The Morgan fingerprint density at radius 2 is 2.16 bits per heavy atom. The fourth-order valence-electron chi connectivity index (χ4n) is 1.68. The van der Waals surface area contributed by atoms with Gasteiger partial charge in [-0.1, -0.05) is 11.8 Å². The van der Waals surface area contributed by atoms with Crippen molar-refractivity contribution < 1.29 is 9.53 Å². The molecule has 0 spiro atoms. The van der Waals surface area contributed by atoms with Gasteiger partial charge in [0.1, 0.15) is 0 Å². The number of hydrogen-bond donors (Lipinski definition) is 1. The van der Waals surface area contributed by atoms with E-state index in [2.05, 4.69) is 11.8 Å². The number of nitrogens with zero attached hydrogens (tertiary/aromatic N) is 1. The van der Waals surface area contributed by atoms with Gasteiger partial charge in [0.15, 0.2) is 0 Å². The van der Waals surface area contributed by atoms with Crippen LogP contribution in [0.5, 0.6) is 0 Å². The molecule has 0 heterocycles. The molecule has 19 heavy (non-hydrogen) atoms. The largest absolute Gasteiger partial charge is 0.383 e. The van der Waals surface area contributed by atoms with E-state index in [-0.39, 0.29) is 5.91 Å². The van der Waals surface area contributed by atoms with Crippen LogP contribution in [0, 0.1) is 18.8 Å². The van der Waals surface area contributed by atoms with E-state index < -0.39 is 0 Å². The van der Waals surface area contributed by atoms with Gasteiger partial charge in [-0.25, -0.2) is 0 Å². The maximum absolute atomic E-state index is 12.2. The molecule has 0 aliphatic rings. The van der Waals surface area contributed by atoms with Crippen molar-refractivity contribution in [1.82, 2.24) is 4.90 Å². The Balaban J connectivity index is 2.93. The van der Waals surface area contributed by atoms with Crippen LogP contribution in [0.1, 0.15) is 21.5 Å². The van der Waals surface area contributed by atoms with Gasteiger partial charge < -0.3 is 15.4 Å². The molecular formula is C15H20N2O2. The lowest BCUT2D eigenvalue weighted by atomic mass is 10.1. The predicted octanol–water partition coefficient (Wildman–Crippen LogP) is 1.02. The standard InChI is InChI=1S/C15H20N2O2/c1-12-9-13(5-4-6-16)11-14(10-12)15(18)17(2)7-8-19-3/h9-11H,6-8,16H2,1-3H3. The summed E-state index contributed by atoms with van der Waals surface area (Å²) in [6, 6.07) is 5.59. The first kappa shape index (κ1) is 15.2. The number of nitrogens with two attached hydrogens (primary N) is 1. The van der Waals surface area contributed by atoms with Crippen molar-refractivity contribution in [2.24, 2.45) is 5.73 Å². The van der Waals surface area contributed by atoms with Gasteiger partial charge >= 0.3 is 0 Å². The molecule has 0 radical (unpaired) electrons. The van der Waals surface area contributed by atoms with E-state index in [1.807, 2.05) is 19.1 Å². The number of carbonyl (C=O) groups excluding carboxylic acids is 1. The molecule has 0 atom stereocenters. The van der Waals surface area contributed by atoms with Crippen LogP contribution < -0.4 is 5.73 Å². The average Bonchev–Trinajstić information content (AvgIpc) is 2.41. The molecule has 0 aliphatic heterocycles. The summed E-state index contributed by atoms with van der Waals surface area (Å²) in [4.78, 5) is 13.9. The fraction of sp³-hybridized carbons (Fsp3) is 0.400. The van der Waals surface area contributed by atoms with Crippen LogP contribution >= 0.6 is 0 Å². The third-order valence-electron chi connectivity index (χ3n) is 2.64. The minimum Gasteiger partial charge on any atom is -0.383 e. The number of amides is 1. The zero-order chi connectivity index (χ0) is 14.3. The Bertz CT molecular complexity index is 501. The highest BCUT2D eigenvalue weighted by atomic mass is 16.5. The van der Waals surface area contributed by atoms with Crippen molar-refractivity contribution in [3.63, 3.8) is 0 Å². The fourth-order valence-corrected chi connectivity index (χ4v) is 1.68. The highest BCUT2D eigenvalue weighted by Crippen LogP contribution is 2.11. The van der Waals surface area contributed by atoms with Crippen molar-refractivity contribution in [3.05, 3.63) is 34.9 Å². The molecular weight excluding hydrogens is 240 g/mol. The summed E-state index contributed by atoms with van der Waals surface area (Å²) in [6.07, 6.45) is 0. The van der Waals surface area contributed by atoms with Crippen LogP contribution in [0.4, 0.5) is 0 Å². The summed E-state index contributed by atoms with van der Waals surface area (Å²) in [6.45, 7) is 3.34. The molecule has 0 aromatic heterocycles. The molecule has 1 amide bonds. The SMILES string of the molecule is COCCN(C)C(=O)c1cc(C)cc(C#CCN)c1. The predicted molar refractivity (Wildman–Crippen MR) is 75.9 cm³/mol. The minimum absolute atomic E-state index is 0.0310. The van der Waals surface area contributed by atoms with Crippen molar-refractivity contribution in [3.8, 4) is 11.8 Å². The van der Waals surface area contributed by atoms with Gasteiger partial charge in [-0.05, 0) is 30.7 Å². The van der Waals surface area contributed by atoms with Crippen LogP contribution in [-0.2, 0) is 4.74 Å². The molecule has 2 N–H and O–H groups in total. The van der Waals surface area contributed by atoms with E-state index >= 15 is 0 Å². The summed E-state index contributed by atoms with van der Waals surface area (Å²) in [5.74, 6) is 5.72. The summed E-state index contributed by atoms with van der Waals surface area (Å²) in [7, 11) is 3.38. The van der Waals surface area contributed by atoms with Crippen molar-refractivity contribution in [2.75, 3.05) is 33.9 Å². The second kappa shape index (κ2) is 7.57. The average molecular weight is 260 g/mol. The molecule has 1 aromatic carbocycles. The number of rotatable bonds is 4. The maximum Gasteiger partial charge on any atom is 0.253 e. The molecule has 0 bridgehead atoms. The second-order valence-corrected chi connectivity index (χ2v) is 4.31. The molecule has 0 saturated carbocycles. The third kappa shape index (κ3) is 4.74. The topological polar surface area (TPSA) is 55.6 Å². The van der Waals surface area contributed by atoms with E-state index in [0.29, 0.717) is 25.3 Å². The van der Waals surface area contributed by atoms with Gasteiger partial charge in [0.25, 0.3) is 5.91 Å². The van der Waals surface area contributed by atoms with E-state index in [9.17, 15) is 4.79 Å². The van der Waals surface area contributed by atoms with Gasteiger partial charge in [-0.15, -0.1) is 0 Å². The lowest BCUT2D eigenvalue weighted by molar-refractivity contribution is 0.0744. The molecule has 0 saturated heterocycles. The highest BCUT2D eigenvalue weighted by Gasteiger charge is 2.12. The summed E-state index contributed by atoms with van der Waals surface area (Å²) in [5.41, 5.74) is 7.81. The Morgan fingerprint density at radius 1 is 1.42 bits per heavy atom. The van der Waals surface area contributed by atoms with Gasteiger partial charge in [0.05, 0.1) is 13.2 Å². The first-order valence-corrected chi connectivity index (χ1v) is 6.13. The van der Waals surface area contributed by atoms with Crippen LogP contribution in [0.2, 0.25) is 0 Å². The normalized spacial score (nSPS) is 9.68. The highest BCUT2D eigenvalue weighted by molar-refractivity contribution is 5.94. The van der Waals surface area contributed by atoms with Crippen molar-refractivity contribution in [2.45, 2.75) is 6.92 Å². The Hall–Kier alpha value is -1.83. The quantitative estimate of drug-likeness (QED) is 0.822. The van der Waals surface area contributed by atoms with Gasteiger partial charge in [-0.2, -0.15) is 0 Å². The molecule has 1 rings (SSSR count). The van der Waals surface area contributed by atoms with E-state index in [1.165, 1.54) is 0 Å². The number of methoxy groups -OCH3 is 1. The lowest BCUT2D eigenvalue weighted by Crippen LogP contribution is -2.30. The monoisotopic (exact) mass is 260 g/mol.